The van der Waals surface area contributed by atoms with Crippen molar-refractivity contribution >= 4 is 29.5 Å². The number of halogens is 1. The lowest BCUT2D eigenvalue weighted by molar-refractivity contribution is 0.311. The number of anilines is 2. The maximum atomic E-state index is 8.60. The second kappa shape index (κ2) is 4.73. The standard InChI is InChI=1S/C7H10ClN5O/c8-7-12-5(10)4(3-9)6(13-7)11-1-2-14/h3,9,14H,1-2H2,(H3,10,11,12,13). The van der Waals surface area contributed by atoms with Crippen LogP contribution < -0.4 is 11.1 Å². The van der Waals surface area contributed by atoms with Crippen LogP contribution in [0.4, 0.5) is 11.6 Å². The van der Waals surface area contributed by atoms with Gasteiger partial charge in [-0.1, -0.05) is 0 Å². The number of nitrogens with one attached hydrogen (secondary N) is 2. The van der Waals surface area contributed by atoms with Crippen LogP contribution in [0.3, 0.4) is 0 Å². The zero-order chi connectivity index (χ0) is 10.6. The number of hydrogen-bond donors (Lipinski definition) is 4. The van der Waals surface area contributed by atoms with Crippen molar-refractivity contribution < 1.29 is 5.11 Å². The van der Waals surface area contributed by atoms with Crippen molar-refractivity contribution in [3.05, 3.63) is 10.8 Å². The summed E-state index contributed by atoms with van der Waals surface area (Å²) in [5.74, 6) is 0.493. The van der Waals surface area contributed by atoms with Gasteiger partial charge < -0.3 is 21.6 Å². The van der Waals surface area contributed by atoms with Gasteiger partial charge in [0.15, 0.2) is 0 Å². The number of nitrogens with zero attached hydrogens (tertiary/aromatic N) is 2. The van der Waals surface area contributed by atoms with Crippen LogP contribution in [-0.2, 0) is 0 Å². The number of aliphatic hydroxyl groups excluding tert-OH is 1. The topological polar surface area (TPSA) is 108 Å². The Labute approximate surface area is 85.6 Å². The van der Waals surface area contributed by atoms with E-state index in [1.165, 1.54) is 0 Å². The third-order valence-corrected chi connectivity index (χ3v) is 1.67. The summed E-state index contributed by atoms with van der Waals surface area (Å²) in [6.45, 7) is 0.270. The lowest BCUT2D eigenvalue weighted by Gasteiger charge is -2.08. The molecule has 76 valence electrons. The first-order valence-electron chi connectivity index (χ1n) is 3.87. The zero-order valence-corrected chi connectivity index (χ0v) is 8.04. The van der Waals surface area contributed by atoms with Crippen LogP contribution in [0.15, 0.2) is 0 Å². The fraction of sp³-hybridized carbons (Fsp3) is 0.286. The number of aromatic nitrogens is 2. The molecule has 0 spiro atoms. The molecular formula is C7H10ClN5O. The quantitative estimate of drug-likeness (QED) is 0.421. The van der Waals surface area contributed by atoms with Crippen molar-refractivity contribution in [2.75, 3.05) is 24.2 Å². The molecule has 0 aromatic carbocycles. The predicted octanol–water partition coefficient (Wildman–Crippen LogP) is 0.114. The van der Waals surface area contributed by atoms with Gasteiger partial charge in [0.05, 0.1) is 12.2 Å². The molecule has 0 saturated carbocycles. The number of rotatable bonds is 4. The maximum Gasteiger partial charge on any atom is 0.226 e. The monoisotopic (exact) mass is 215 g/mol. The molecule has 0 aliphatic heterocycles. The Morgan fingerprint density at radius 1 is 1.57 bits per heavy atom. The smallest absolute Gasteiger partial charge is 0.226 e. The van der Waals surface area contributed by atoms with Crippen LogP contribution in [0.1, 0.15) is 5.56 Å². The van der Waals surface area contributed by atoms with Gasteiger partial charge in [-0.3, -0.25) is 0 Å². The summed E-state index contributed by atoms with van der Waals surface area (Å²) in [7, 11) is 0. The number of hydrogen-bond acceptors (Lipinski definition) is 6. The average molecular weight is 216 g/mol. The molecule has 0 bridgehead atoms. The molecule has 0 atom stereocenters. The van der Waals surface area contributed by atoms with Crippen molar-refractivity contribution in [1.29, 1.82) is 5.41 Å². The summed E-state index contributed by atoms with van der Waals surface area (Å²) < 4.78 is 0. The van der Waals surface area contributed by atoms with E-state index in [9.17, 15) is 0 Å². The fourth-order valence-corrected chi connectivity index (χ4v) is 1.09. The molecule has 0 amide bonds. The number of nitrogens with two attached hydrogens (primary N) is 1. The number of aliphatic hydroxyl groups is 1. The lowest BCUT2D eigenvalue weighted by Crippen LogP contribution is -2.11. The van der Waals surface area contributed by atoms with E-state index in [1.54, 1.807) is 0 Å². The van der Waals surface area contributed by atoms with E-state index in [4.69, 9.17) is 27.9 Å². The van der Waals surface area contributed by atoms with Crippen LogP contribution in [0.5, 0.6) is 0 Å². The Balaban J connectivity index is 3.05. The van der Waals surface area contributed by atoms with Gasteiger partial charge in [0, 0.05) is 12.8 Å². The molecule has 0 aliphatic rings. The van der Waals surface area contributed by atoms with E-state index < -0.39 is 0 Å². The first-order chi connectivity index (χ1) is 6.69. The van der Waals surface area contributed by atoms with Crippen molar-refractivity contribution in [3.8, 4) is 0 Å². The minimum absolute atomic E-state index is 0.00791. The molecule has 1 rings (SSSR count). The first kappa shape index (κ1) is 10.7. The second-order valence-corrected chi connectivity index (χ2v) is 2.77. The highest BCUT2D eigenvalue weighted by molar-refractivity contribution is 6.28. The Kier molecular flexibility index (Phi) is 3.61. The van der Waals surface area contributed by atoms with Gasteiger partial charge >= 0.3 is 0 Å². The molecule has 0 aliphatic carbocycles. The lowest BCUT2D eigenvalue weighted by atomic mass is 10.3. The summed E-state index contributed by atoms with van der Waals surface area (Å²) in [4.78, 5) is 7.53. The van der Waals surface area contributed by atoms with Crippen molar-refractivity contribution in [3.63, 3.8) is 0 Å². The van der Waals surface area contributed by atoms with Crippen LogP contribution in [0.2, 0.25) is 5.28 Å². The maximum absolute atomic E-state index is 8.60. The molecule has 14 heavy (non-hydrogen) atoms. The number of nitrogen functional groups attached to an aromatic ring is 1. The molecular weight excluding hydrogens is 206 g/mol. The van der Waals surface area contributed by atoms with E-state index in [0.717, 1.165) is 6.21 Å². The minimum Gasteiger partial charge on any atom is -0.395 e. The fourth-order valence-electron chi connectivity index (χ4n) is 0.910. The Hall–Kier alpha value is -1.40. The van der Waals surface area contributed by atoms with E-state index in [-0.39, 0.29) is 17.7 Å². The van der Waals surface area contributed by atoms with Gasteiger partial charge in [-0.15, -0.1) is 0 Å². The largest absolute Gasteiger partial charge is 0.395 e. The van der Waals surface area contributed by atoms with E-state index in [0.29, 0.717) is 17.9 Å². The highest BCUT2D eigenvalue weighted by Gasteiger charge is 2.08. The van der Waals surface area contributed by atoms with Gasteiger partial charge in [0.1, 0.15) is 11.6 Å². The normalized spacial score (nSPS) is 9.86. The van der Waals surface area contributed by atoms with Crippen molar-refractivity contribution in [2.24, 2.45) is 0 Å². The summed E-state index contributed by atoms with van der Waals surface area (Å²) >= 11 is 5.58. The Bertz CT molecular complexity index is 343. The van der Waals surface area contributed by atoms with Gasteiger partial charge in [-0.05, 0) is 11.6 Å². The van der Waals surface area contributed by atoms with Crippen LogP contribution >= 0.6 is 11.6 Å². The zero-order valence-electron chi connectivity index (χ0n) is 7.29. The first-order valence-corrected chi connectivity index (χ1v) is 4.25. The van der Waals surface area contributed by atoms with Crippen molar-refractivity contribution in [2.45, 2.75) is 0 Å². The predicted molar refractivity (Wildman–Crippen MR) is 54.9 cm³/mol. The van der Waals surface area contributed by atoms with Gasteiger partial charge in [-0.2, -0.15) is 4.98 Å². The molecule has 0 unspecified atom stereocenters. The summed E-state index contributed by atoms with van der Waals surface area (Å²) in [6.07, 6.45) is 1.03. The SMILES string of the molecule is N=Cc1c(N)nc(Cl)nc1NCCO. The molecule has 7 heteroatoms. The summed E-state index contributed by atoms with van der Waals surface area (Å²) in [5, 5.41) is 18.5. The highest BCUT2D eigenvalue weighted by atomic mass is 35.5. The summed E-state index contributed by atoms with van der Waals surface area (Å²) in [6, 6.07) is 0. The van der Waals surface area contributed by atoms with Gasteiger partial charge in [0.25, 0.3) is 0 Å². The minimum atomic E-state index is -0.0427. The van der Waals surface area contributed by atoms with Crippen LogP contribution in [0.25, 0.3) is 0 Å². The van der Waals surface area contributed by atoms with E-state index in [2.05, 4.69) is 15.3 Å². The van der Waals surface area contributed by atoms with E-state index in [1.807, 2.05) is 0 Å². The molecule has 0 radical (unpaired) electrons. The highest BCUT2D eigenvalue weighted by Crippen LogP contribution is 2.18. The van der Waals surface area contributed by atoms with Crippen molar-refractivity contribution in [1.82, 2.24) is 9.97 Å². The second-order valence-electron chi connectivity index (χ2n) is 2.43. The van der Waals surface area contributed by atoms with E-state index >= 15 is 0 Å². The summed E-state index contributed by atoms with van der Waals surface area (Å²) in [5.41, 5.74) is 5.88. The Morgan fingerprint density at radius 3 is 2.86 bits per heavy atom. The molecule has 6 nitrogen and oxygen atoms in total. The average Bonchev–Trinajstić information content (AvgIpc) is 2.14. The molecule has 1 aromatic rings. The third kappa shape index (κ3) is 2.30. The molecule has 0 fully saturated rings. The molecule has 5 N–H and O–H groups in total. The van der Waals surface area contributed by atoms with Gasteiger partial charge in [-0.25, -0.2) is 4.98 Å². The molecule has 1 heterocycles. The Morgan fingerprint density at radius 2 is 2.29 bits per heavy atom. The van der Waals surface area contributed by atoms with Crippen LogP contribution in [0, 0.1) is 5.41 Å². The van der Waals surface area contributed by atoms with Crippen LogP contribution in [-0.4, -0.2) is 34.4 Å². The van der Waals surface area contributed by atoms with Gasteiger partial charge in [0.2, 0.25) is 5.28 Å². The molecule has 1 aromatic heterocycles. The third-order valence-electron chi connectivity index (χ3n) is 1.50. The molecule has 0 saturated heterocycles.